The summed E-state index contributed by atoms with van der Waals surface area (Å²) in [6, 6.07) is 5.91. The van der Waals surface area contributed by atoms with Gasteiger partial charge in [0.25, 0.3) is 0 Å². The van der Waals surface area contributed by atoms with Crippen LogP contribution in [0.4, 0.5) is 0 Å². The quantitative estimate of drug-likeness (QED) is 0.878. The van der Waals surface area contributed by atoms with E-state index in [0.717, 1.165) is 41.3 Å². The molecule has 0 aliphatic carbocycles. The first-order valence-electron chi connectivity index (χ1n) is 7.40. The van der Waals surface area contributed by atoms with Crippen LogP contribution >= 0.6 is 11.6 Å². The summed E-state index contributed by atoms with van der Waals surface area (Å²) < 4.78 is 2.22. The topological polar surface area (TPSA) is 43.8 Å². The molecular formula is C16H24ClN3. The van der Waals surface area contributed by atoms with E-state index in [9.17, 15) is 0 Å². The van der Waals surface area contributed by atoms with Gasteiger partial charge in [-0.15, -0.1) is 0 Å². The lowest BCUT2D eigenvalue weighted by Gasteiger charge is -2.17. The molecule has 2 aromatic rings. The van der Waals surface area contributed by atoms with E-state index in [1.165, 1.54) is 0 Å². The number of halogens is 1. The van der Waals surface area contributed by atoms with Gasteiger partial charge in [0.15, 0.2) is 0 Å². The Morgan fingerprint density at radius 1 is 1.35 bits per heavy atom. The highest BCUT2D eigenvalue weighted by Crippen LogP contribution is 2.26. The first kappa shape index (κ1) is 15.3. The van der Waals surface area contributed by atoms with Crippen LogP contribution in [0.3, 0.4) is 0 Å². The Labute approximate surface area is 126 Å². The number of nitrogens with two attached hydrogens (primary N) is 1. The van der Waals surface area contributed by atoms with Crippen LogP contribution in [0, 0.1) is 11.8 Å². The summed E-state index contributed by atoms with van der Waals surface area (Å²) in [5.74, 6) is 2.24. The predicted molar refractivity (Wildman–Crippen MR) is 86.1 cm³/mol. The largest absolute Gasteiger partial charge is 0.330 e. The van der Waals surface area contributed by atoms with Crippen molar-refractivity contribution in [1.29, 1.82) is 0 Å². The third kappa shape index (κ3) is 3.15. The van der Waals surface area contributed by atoms with E-state index in [-0.39, 0.29) is 0 Å². The van der Waals surface area contributed by atoms with Crippen LogP contribution in [0.5, 0.6) is 0 Å². The van der Waals surface area contributed by atoms with Crippen molar-refractivity contribution < 1.29 is 0 Å². The molecule has 1 heterocycles. The molecule has 0 radical (unpaired) electrons. The Morgan fingerprint density at radius 2 is 2.10 bits per heavy atom. The fraction of sp³-hybridized carbons (Fsp3) is 0.562. The molecule has 0 saturated carbocycles. The zero-order valence-electron chi connectivity index (χ0n) is 12.6. The molecule has 0 aliphatic heterocycles. The Balaban J connectivity index is 2.36. The molecule has 2 rings (SSSR count). The third-order valence-corrected chi connectivity index (χ3v) is 4.03. The second kappa shape index (κ2) is 6.59. The normalized spacial score (nSPS) is 13.3. The summed E-state index contributed by atoms with van der Waals surface area (Å²) >= 11 is 6.32. The van der Waals surface area contributed by atoms with E-state index in [0.29, 0.717) is 18.4 Å². The average Bonchev–Trinajstić information content (AvgIpc) is 2.76. The maximum Gasteiger partial charge on any atom is 0.110 e. The molecule has 0 aliphatic rings. The smallest absolute Gasteiger partial charge is 0.110 e. The summed E-state index contributed by atoms with van der Waals surface area (Å²) in [6.45, 7) is 8.20. The number of hydrogen-bond donors (Lipinski definition) is 1. The summed E-state index contributed by atoms with van der Waals surface area (Å²) in [5.41, 5.74) is 7.95. The van der Waals surface area contributed by atoms with Gasteiger partial charge in [-0.05, 0) is 43.9 Å². The van der Waals surface area contributed by atoms with Crippen molar-refractivity contribution >= 4 is 22.6 Å². The molecule has 2 N–H and O–H groups in total. The highest BCUT2D eigenvalue weighted by atomic mass is 35.5. The number of fused-ring (bicyclic) bond motifs is 1. The Kier molecular flexibility index (Phi) is 5.06. The summed E-state index contributed by atoms with van der Waals surface area (Å²) in [5, 5.41) is 0.774. The van der Waals surface area contributed by atoms with Gasteiger partial charge in [-0.2, -0.15) is 0 Å². The SMILES string of the molecule is CCn1c(CC(CN)CC(C)C)nc2cccc(Cl)c21. The van der Waals surface area contributed by atoms with E-state index < -0.39 is 0 Å². The van der Waals surface area contributed by atoms with Gasteiger partial charge >= 0.3 is 0 Å². The highest BCUT2D eigenvalue weighted by molar-refractivity contribution is 6.35. The summed E-state index contributed by atoms with van der Waals surface area (Å²) in [4.78, 5) is 4.76. The number of aryl methyl sites for hydroxylation is 1. The number of nitrogens with zero attached hydrogens (tertiary/aromatic N) is 2. The van der Waals surface area contributed by atoms with E-state index in [1.807, 2.05) is 18.2 Å². The van der Waals surface area contributed by atoms with Crippen molar-refractivity contribution in [3.8, 4) is 0 Å². The van der Waals surface area contributed by atoms with Crippen LogP contribution in [-0.4, -0.2) is 16.1 Å². The molecule has 0 spiro atoms. The molecule has 1 atom stereocenters. The number of aromatic nitrogens is 2. The Morgan fingerprint density at radius 3 is 2.70 bits per heavy atom. The molecule has 3 nitrogen and oxygen atoms in total. The molecule has 1 unspecified atom stereocenters. The maximum atomic E-state index is 6.32. The van der Waals surface area contributed by atoms with Gasteiger partial charge < -0.3 is 10.3 Å². The zero-order chi connectivity index (χ0) is 14.7. The van der Waals surface area contributed by atoms with Crippen molar-refractivity contribution in [1.82, 2.24) is 9.55 Å². The lowest BCUT2D eigenvalue weighted by molar-refractivity contribution is 0.404. The van der Waals surface area contributed by atoms with Crippen molar-refractivity contribution in [2.24, 2.45) is 17.6 Å². The number of imidazole rings is 1. The van der Waals surface area contributed by atoms with Crippen molar-refractivity contribution in [3.05, 3.63) is 29.0 Å². The average molecular weight is 294 g/mol. The minimum atomic E-state index is 0.482. The standard InChI is InChI=1S/C16H24ClN3/c1-4-20-15(9-12(10-18)8-11(2)3)19-14-7-5-6-13(17)16(14)20/h5-7,11-12H,4,8-10,18H2,1-3H3. The molecule has 110 valence electrons. The fourth-order valence-corrected chi connectivity index (χ4v) is 3.15. The van der Waals surface area contributed by atoms with Gasteiger partial charge in [0.2, 0.25) is 0 Å². The van der Waals surface area contributed by atoms with E-state index in [4.69, 9.17) is 22.3 Å². The summed E-state index contributed by atoms with van der Waals surface area (Å²) in [6.07, 6.45) is 2.06. The van der Waals surface area contributed by atoms with E-state index in [2.05, 4.69) is 25.3 Å². The van der Waals surface area contributed by atoms with Crippen LogP contribution < -0.4 is 5.73 Å². The van der Waals surface area contributed by atoms with Gasteiger partial charge in [-0.1, -0.05) is 31.5 Å². The van der Waals surface area contributed by atoms with Gasteiger partial charge in [0.05, 0.1) is 16.1 Å². The molecule has 0 saturated heterocycles. The lowest BCUT2D eigenvalue weighted by Crippen LogP contribution is -2.20. The van der Waals surface area contributed by atoms with Crippen molar-refractivity contribution in [2.45, 2.75) is 40.2 Å². The Hall–Kier alpha value is -1.06. The van der Waals surface area contributed by atoms with Crippen LogP contribution in [0.2, 0.25) is 5.02 Å². The predicted octanol–water partition coefficient (Wildman–Crippen LogP) is 3.87. The van der Waals surface area contributed by atoms with Gasteiger partial charge in [0.1, 0.15) is 5.82 Å². The van der Waals surface area contributed by atoms with Crippen molar-refractivity contribution in [2.75, 3.05) is 6.54 Å². The van der Waals surface area contributed by atoms with Crippen molar-refractivity contribution in [3.63, 3.8) is 0 Å². The second-order valence-corrected chi connectivity index (χ2v) is 6.22. The van der Waals surface area contributed by atoms with Gasteiger partial charge in [-0.3, -0.25) is 0 Å². The first-order chi connectivity index (χ1) is 9.56. The zero-order valence-corrected chi connectivity index (χ0v) is 13.3. The van der Waals surface area contributed by atoms with E-state index in [1.54, 1.807) is 0 Å². The number of para-hydroxylation sites is 1. The number of rotatable bonds is 6. The highest BCUT2D eigenvalue weighted by Gasteiger charge is 2.17. The molecule has 1 aromatic carbocycles. The first-order valence-corrected chi connectivity index (χ1v) is 7.78. The lowest BCUT2D eigenvalue weighted by atomic mass is 9.94. The molecule has 4 heteroatoms. The molecular weight excluding hydrogens is 270 g/mol. The maximum absolute atomic E-state index is 6.32. The molecule has 1 aromatic heterocycles. The molecule has 0 amide bonds. The monoisotopic (exact) mass is 293 g/mol. The molecule has 20 heavy (non-hydrogen) atoms. The van der Waals surface area contributed by atoms with Crippen LogP contribution in [0.15, 0.2) is 18.2 Å². The van der Waals surface area contributed by atoms with Gasteiger partial charge in [-0.25, -0.2) is 4.98 Å². The van der Waals surface area contributed by atoms with Crippen LogP contribution in [0.1, 0.15) is 33.0 Å². The Bertz CT molecular complexity index is 574. The third-order valence-electron chi connectivity index (χ3n) is 3.72. The minimum Gasteiger partial charge on any atom is -0.330 e. The minimum absolute atomic E-state index is 0.482. The van der Waals surface area contributed by atoms with E-state index >= 15 is 0 Å². The van der Waals surface area contributed by atoms with Crippen LogP contribution in [0.25, 0.3) is 11.0 Å². The van der Waals surface area contributed by atoms with Gasteiger partial charge in [0, 0.05) is 13.0 Å². The summed E-state index contributed by atoms with van der Waals surface area (Å²) in [7, 11) is 0. The van der Waals surface area contributed by atoms with Crippen LogP contribution in [-0.2, 0) is 13.0 Å². The number of benzene rings is 1. The molecule has 0 fully saturated rings. The molecule has 0 bridgehead atoms. The fourth-order valence-electron chi connectivity index (χ4n) is 2.87. The number of hydrogen-bond acceptors (Lipinski definition) is 2. The second-order valence-electron chi connectivity index (χ2n) is 5.82.